The van der Waals surface area contributed by atoms with Crippen LogP contribution in [0.5, 0.6) is 0 Å². The predicted octanol–water partition coefficient (Wildman–Crippen LogP) is -1.52. The molecule has 0 spiro atoms. The Morgan fingerprint density at radius 1 is 1.12 bits per heavy atom. The van der Waals surface area contributed by atoms with Crippen LogP contribution in [0.1, 0.15) is 5.82 Å². The van der Waals surface area contributed by atoms with Crippen molar-refractivity contribution in [3.63, 3.8) is 0 Å². The fraction of sp³-hybridized carbons (Fsp3) is 0. The van der Waals surface area contributed by atoms with E-state index in [1.54, 1.807) is 12.3 Å². The van der Waals surface area contributed by atoms with Crippen molar-refractivity contribution in [2.75, 3.05) is 0 Å². The maximum absolute atomic E-state index is 11.0. The number of aromatic amines is 1. The molecule has 1 amide bonds. The van der Waals surface area contributed by atoms with E-state index in [-0.39, 0.29) is 5.91 Å². The van der Waals surface area contributed by atoms with Gasteiger partial charge in [0, 0.05) is 12.3 Å². The van der Waals surface area contributed by atoms with Crippen molar-refractivity contribution in [3.05, 3.63) is 28.4 Å². The Bertz CT molecular complexity index is 769. The van der Waals surface area contributed by atoms with Gasteiger partial charge in [-0.25, -0.2) is 20.0 Å². The second-order valence-corrected chi connectivity index (χ2v) is 3.62. The first kappa shape index (κ1) is 8.45. The van der Waals surface area contributed by atoms with E-state index >= 15 is 0 Å². The summed E-state index contributed by atoms with van der Waals surface area (Å²) in [5, 5.41) is 0.599. The zero-order chi connectivity index (χ0) is 11.4. The molecule has 0 radical (unpaired) electrons. The summed E-state index contributed by atoms with van der Waals surface area (Å²) in [6.07, 6.45) is 4.83. The molecule has 0 saturated heterocycles. The number of allylic oxidation sites excluding steroid dienone is 1. The number of H-pyrrole nitrogens is 1. The average molecular weight is 224 g/mol. The molecule has 0 aliphatic carbocycles. The monoisotopic (exact) mass is 224 g/mol. The first-order chi connectivity index (χ1) is 8.29. The van der Waals surface area contributed by atoms with Gasteiger partial charge >= 0.3 is 0 Å². The lowest BCUT2D eigenvalue weighted by Gasteiger charge is -1.88. The Kier molecular flexibility index (Phi) is 1.34. The van der Waals surface area contributed by atoms with Crippen molar-refractivity contribution in [3.8, 4) is 0 Å². The highest BCUT2D eigenvalue weighted by atomic mass is 16.1. The highest BCUT2D eigenvalue weighted by Gasteiger charge is 2.21. The van der Waals surface area contributed by atoms with E-state index in [9.17, 15) is 4.79 Å². The van der Waals surface area contributed by atoms with Crippen LogP contribution >= 0.6 is 0 Å². The summed E-state index contributed by atoms with van der Waals surface area (Å²) in [5.41, 5.74) is 1.12. The molecule has 3 aliphatic rings. The second kappa shape index (κ2) is 2.70. The van der Waals surface area contributed by atoms with Gasteiger partial charge < -0.3 is 4.98 Å². The van der Waals surface area contributed by atoms with Crippen molar-refractivity contribution in [1.29, 1.82) is 0 Å². The number of aromatic nitrogens is 2. The van der Waals surface area contributed by atoms with E-state index in [4.69, 9.17) is 0 Å². The van der Waals surface area contributed by atoms with Gasteiger partial charge in [-0.2, -0.15) is 4.99 Å². The standard InChI is InChI=1S/C10H4N6O/c17-6-3-5-8(14-6)16-10(13-5)9-12-4-1-2-11-7(4)15-9/h1-3H,(H,13,14,16,17). The van der Waals surface area contributed by atoms with E-state index in [1.165, 1.54) is 6.08 Å². The lowest BCUT2D eigenvalue weighted by atomic mass is 10.4. The Hall–Kier alpha value is -2.70. The van der Waals surface area contributed by atoms with Crippen LogP contribution in [0.25, 0.3) is 6.08 Å². The minimum Gasteiger partial charge on any atom is -0.334 e. The highest BCUT2D eigenvalue weighted by Crippen LogP contribution is 2.16. The Balaban J connectivity index is 1.85. The number of aliphatic imine (C=N–C) groups is 3. The Morgan fingerprint density at radius 3 is 2.88 bits per heavy atom. The minimum atomic E-state index is -0.297. The fourth-order valence-electron chi connectivity index (χ4n) is 1.77. The molecule has 0 unspecified atom stereocenters. The number of hydrogen-bond acceptors (Lipinski definition) is 5. The summed E-state index contributed by atoms with van der Waals surface area (Å²) >= 11 is 0. The van der Waals surface area contributed by atoms with Crippen LogP contribution in [0.2, 0.25) is 0 Å². The molecule has 17 heavy (non-hydrogen) atoms. The van der Waals surface area contributed by atoms with Gasteiger partial charge in [-0.3, -0.25) is 4.79 Å². The van der Waals surface area contributed by atoms with E-state index in [0.29, 0.717) is 28.3 Å². The second-order valence-electron chi connectivity index (χ2n) is 3.62. The summed E-state index contributed by atoms with van der Waals surface area (Å²) in [6.45, 7) is 0. The van der Waals surface area contributed by atoms with Crippen LogP contribution in [0.3, 0.4) is 0 Å². The third kappa shape index (κ3) is 1.10. The van der Waals surface area contributed by atoms with Crippen LogP contribution in [0, 0.1) is 0 Å². The number of amidine groups is 2. The molecular formula is C10H4N6O. The summed E-state index contributed by atoms with van der Waals surface area (Å²) in [7, 11) is 0. The molecule has 7 heteroatoms. The zero-order valence-corrected chi connectivity index (χ0v) is 8.38. The van der Waals surface area contributed by atoms with Crippen molar-refractivity contribution in [1.82, 2.24) is 9.97 Å². The van der Waals surface area contributed by atoms with Crippen LogP contribution in [0.15, 0.2) is 31.7 Å². The van der Waals surface area contributed by atoms with Crippen molar-refractivity contribution in [2.45, 2.75) is 0 Å². The SMILES string of the molecule is O=C1C=c2[nH]c(C3=NC4=CC=NC4=N3)nc2=N1. The molecule has 7 nitrogen and oxygen atoms in total. The molecule has 1 aromatic rings. The molecule has 0 aromatic carbocycles. The third-order valence-corrected chi connectivity index (χ3v) is 2.50. The minimum absolute atomic E-state index is 0.297. The number of hydrogen-bond donors (Lipinski definition) is 1. The molecule has 4 rings (SSSR count). The lowest BCUT2D eigenvalue weighted by Crippen LogP contribution is -2.20. The maximum atomic E-state index is 11.0. The number of nitrogens with one attached hydrogen (secondary N) is 1. The Morgan fingerprint density at radius 2 is 2.06 bits per heavy atom. The zero-order valence-electron chi connectivity index (χ0n) is 8.38. The maximum Gasteiger partial charge on any atom is 0.274 e. The molecule has 80 valence electrons. The van der Waals surface area contributed by atoms with Crippen molar-refractivity contribution in [2.24, 2.45) is 20.0 Å². The number of carbonyl (C=O) groups excluding carboxylic acids is 1. The lowest BCUT2D eigenvalue weighted by molar-refractivity contribution is -0.112. The molecule has 1 aromatic heterocycles. The van der Waals surface area contributed by atoms with Gasteiger partial charge in [-0.05, 0) is 6.08 Å². The summed E-state index contributed by atoms with van der Waals surface area (Å²) in [6, 6.07) is 0. The van der Waals surface area contributed by atoms with Gasteiger partial charge in [0.15, 0.2) is 23.0 Å². The molecule has 1 N–H and O–H groups in total. The molecule has 0 fully saturated rings. The van der Waals surface area contributed by atoms with E-state index in [0.717, 1.165) is 5.70 Å². The number of fused-ring (bicyclic) bond motifs is 2. The summed E-state index contributed by atoms with van der Waals surface area (Å²) in [4.78, 5) is 34.4. The first-order valence-corrected chi connectivity index (χ1v) is 4.92. The average Bonchev–Trinajstić information content (AvgIpc) is 2.90. The Labute approximate surface area is 93.8 Å². The molecule has 0 saturated carbocycles. The van der Waals surface area contributed by atoms with Crippen molar-refractivity contribution < 1.29 is 4.79 Å². The van der Waals surface area contributed by atoms with Crippen molar-refractivity contribution >= 4 is 29.9 Å². The van der Waals surface area contributed by atoms with Gasteiger partial charge in [-0.1, -0.05) is 0 Å². The normalized spacial score (nSPS) is 19.3. The molecule has 0 bridgehead atoms. The number of nitrogens with zero attached hydrogens (tertiary/aromatic N) is 5. The molecular weight excluding hydrogens is 220 g/mol. The smallest absolute Gasteiger partial charge is 0.274 e. The topological polar surface area (TPSA) is 95.2 Å². The molecule has 4 heterocycles. The van der Waals surface area contributed by atoms with Gasteiger partial charge in [0.05, 0.1) is 5.35 Å². The summed E-state index contributed by atoms with van der Waals surface area (Å²) in [5.74, 6) is 1.26. The van der Waals surface area contributed by atoms with Gasteiger partial charge in [0.25, 0.3) is 5.91 Å². The number of carbonyl (C=O) groups is 1. The number of rotatable bonds is 1. The van der Waals surface area contributed by atoms with Crippen LogP contribution in [-0.2, 0) is 4.79 Å². The first-order valence-electron chi connectivity index (χ1n) is 4.92. The largest absolute Gasteiger partial charge is 0.334 e. The predicted molar refractivity (Wildman–Crippen MR) is 59.4 cm³/mol. The quantitative estimate of drug-likeness (QED) is 0.626. The van der Waals surface area contributed by atoms with Gasteiger partial charge in [0.2, 0.25) is 0 Å². The van der Waals surface area contributed by atoms with Crippen LogP contribution < -0.4 is 10.8 Å². The number of amides is 1. The molecule has 0 atom stereocenters. The van der Waals surface area contributed by atoms with E-state index in [1.807, 2.05) is 0 Å². The third-order valence-electron chi connectivity index (χ3n) is 2.50. The van der Waals surface area contributed by atoms with Crippen LogP contribution in [0.4, 0.5) is 0 Å². The highest BCUT2D eigenvalue weighted by molar-refractivity contribution is 6.21. The van der Waals surface area contributed by atoms with Gasteiger partial charge in [-0.15, -0.1) is 0 Å². The summed E-state index contributed by atoms with van der Waals surface area (Å²) < 4.78 is 0. The molecule has 3 aliphatic heterocycles. The van der Waals surface area contributed by atoms with E-state index in [2.05, 4.69) is 29.9 Å². The van der Waals surface area contributed by atoms with Crippen LogP contribution in [-0.4, -0.2) is 33.8 Å². The number of imidazole rings is 1. The van der Waals surface area contributed by atoms with Gasteiger partial charge in [0.1, 0.15) is 5.70 Å². The van der Waals surface area contributed by atoms with E-state index < -0.39 is 0 Å². The fourth-order valence-corrected chi connectivity index (χ4v) is 1.77.